The summed E-state index contributed by atoms with van der Waals surface area (Å²) in [6.07, 6.45) is 6.77. The van der Waals surface area contributed by atoms with Gasteiger partial charge in [-0.1, -0.05) is 0 Å². The molecule has 1 unspecified atom stereocenters. The van der Waals surface area contributed by atoms with Crippen molar-refractivity contribution in [1.82, 2.24) is 25.2 Å². The number of nitrogens with two attached hydrogens (primary N) is 1. The molecule has 2 aromatic rings. The lowest BCUT2D eigenvalue weighted by molar-refractivity contribution is 0.0231. The Morgan fingerprint density at radius 3 is 2.48 bits per heavy atom. The van der Waals surface area contributed by atoms with E-state index in [1.54, 1.807) is 11.3 Å². The van der Waals surface area contributed by atoms with Gasteiger partial charge in [0.25, 0.3) is 0 Å². The van der Waals surface area contributed by atoms with Crippen molar-refractivity contribution in [3.63, 3.8) is 0 Å². The van der Waals surface area contributed by atoms with E-state index in [1.807, 2.05) is 0 Å². The molecule has 0 aromatic carbocycles. The molecule has 4 saturated heterocycles. The first kappa shape index (κ1) is 25.0. The second-order valence-electron chi connectivity index (χ2n) is 12.8. The minimum Gasteiger partial charge on any atom is -0.463 e. The van der Waals surface area contributed by atoms with E-state index in [-0.39, 0.29) is 10.8 Å². The summed E-state index contributed by atoms with van der Waals surface area (Å²) in [5.74, 6) is 1.43. The number of aryl methyl sites for hydroxylation is 1. The third-order valence-electron chi connectivity index (χ3n) is 9.94. The Hall–Kier alpha value is -2.72. The SMILES string of the molecule is N#Cc1c(N2CC3CC[C@@H](C2)N3)nc(OCC2(CN3CCOCC3)CC2)nc1N1CC2(CCc3sc(N)nc32)C1. The third-order valence-corrected chi connectivity index (χ3v) is 10.9. The van der Waals surface area contributed by atoms with Gasteiger partial charge in [-0.15, -0.1) is 11.3 Å². The van der Waals surface area contributed by atoms with Crippen LogP contribution in [-0.4, -0.2) is 97.6 Å². The van der Waals surface area contributed by atoms with Crippen LogP contribution in [0.5, 0.6) is 6.01 Å². The van der Waals surface area contributed by atoms with Crippen molar-refractivity contribution in [1.29, 1.82) is 5.26 Å². The molecule has 6 aliphatic rings. The van der Waals surface area contributed by atoms with Crippen molar-refractivity contribution < 1.29 is 9.47 Å². The molecule has 5 fully saturated rings. The summed E-state index contributed by atoms with van der Waals surface area (Å²) in [5.41, 5.74) is 7.95. The number of fused-ring (bicyclic) bond motifs is 4. The van der Waals surface area contributed by atoms with E-state index >= 15 is 0 Å². The van der Waals surface area contributed by atoms with Crippen molar-refractivity contribution >= 4 is 28.1 Å². The number of rotatable bonds is 7. The molecule has 2 atom stereocenters. The molecule has 4 aliphatic heterocycles. The van der Waals surface area contributed by atoms with Crippen molar-refractivity contribution in [2.24, 2.45) is 5.41 Å². The van der Waals surface area contributed by atoms with Gasteiger partial charge < -0.3 is 30.3 Å². The van der Waals surface area contributed by atoms with Gasteiger partial charge in [0.1, 0.15) is 11.6 Å². The maximum absolute atomic E-state index is 10.4. The summed E-state index contributed by atoms with van der Waals surface area (Å²) in [5, 5.41) is 14.8. The lowest BCUT2D eigenvalue weighted by Gasteiger charge is -2.48. The van der Waals surface area contributed by atoms with Crippen LogP contribution < -0.4 is 25.6 Å². The first-order valence-corrected chi connectivity index (χ1v) is 15.6. The van der Waals surface area contributed by atoms with Crippen molar-refractivity contribution in [3.05, 3.63) is 16.1 Å². The number of nitrogen functional groups attached to an aromatic ring is 1. The number of piperazine rings is 1. The number of ether oxygens (including phenoxy) is 2. The van der Waals surface area contributed by atoms with Gasteiger partial charge in [-0.2, -0.15) is 15.2 Å². The van der Waals surface area contributed by atoms with Crippen LogP contribution in [0.25, 0.3) is 0 Å². The van der Waals surface area contributed by atoms with Gasteiger partial charge in [0.15, 0.2) is 16.8 Å². The first-order chi connectivity index (χ1) is 19.5. The number of nitrogens with one attached hydrogen (secondary N) is 1. The molecule has 1 saturated carbocycles. The van der Waals surface area contributed by atoms with E-state index in [0.717, 1.165) is 96.2 Å². The molecule has 8 rings (SSSR count). The van der Waals surface area contributed by atoms with Gasteiger partial charge in [-0.3, -0.25) is 4.90 Å². The minimum absolute atomic E-state index is 0.00664. The lowest BCUT2D eigenvalue weighted by Crippen LogP contribution is -2.59. The van der Waals surface area contributed by atoms with Gasteiger partial charge in [0.05, 0.1) is 25.5 Å². The number of anilines is 3. The van der Waals surface area contributed by atoms with Crippen LogP contribution in [-0.2, 0) is 16.6 Å². The molecule has 12 heteroatoms. The molecule has 2 aromatic heterocycles. The van der Waals surface area contributed by atoms with Crippen LogP contribution in [0.4, 0.5) is 16.8 Å². The molecule has 0 amide bonds. The van der Waals surface area contributed by atoms with E-state index in [1.165, 1.54) is 17.7 Å². The highest BCUT2D eigenvalue weighted by atomic mass is 32.1. The smallest absolute Gasteiger partial charge is 0.320 e. The van der Waals surface area contributed by atoms with Gasteiger partial charge in [-0.25, -0.2) is 4.98 Å². The van der Waals surface area contributed by atoms with Crippen molar-refractivity contribution in [2.75, 3.05) is 81.2 Å². The van der Waals surface area contributed by atoms with Gasteiger partial charge in [0, 0.05) is 73.6 Å². The second-order valence-corrected chi connectivity index (χ2v) is 13.9. The fourth-order valence-electron chi connectivity index (χ4n) is 7.55. The summed E-state index contributed by atoms with van der Waals surface area (Å²) in [6, 6.07) is 3.77. The fourth-order valence-corrected chi connectivity index (χ4v) is 8.51. The highest BCUT2D eigenvalue weighted by Crippen LogP contribution is 2.50. The van der Waals surface area contributed by atoms with E-state index in [4.69, 9.17) is 30.2 Å². The number of morpholine rings is 1. The standard InChI is InChI=1S/C28H37N9O2S/c29-11-20-23(36-12-18-1-2-19(13-36)31-18)33-26(39-17-27(5-6-27)14-35-7-9-38-10-8-35)34-24(20)37-15-28(16-37)4-3-21-22(28)32-25(30)40-21/h18-19,31H,1-10,12-17H2,(H2,30,32)/t18-,19?/m0/s1. The topological polar surface area (TPSA) is 129 Å². The second kappa shape index (κ2) is 9.41. The molecular weight excluding hydrogens is 526 g/mol. The van der Waals surface area contributed by atoms with E-state index in [2.05, 4.69) is 26.1 Å². The Bertz CT molecular complexity index is 1330. The molecule has 1 spiro atoms. The van der Waals surface area contributed by atoms with Gasteiger partial charge in [-0.05, 0) is 38.5 Å². The van der Waals surface area contributed by atoms with Crippen LogP contribution in [0.3, 0.4) is 0 Å². The largest absolute Gasteiger partial charge is 0.463 e. The molecule has 0 radical (unpaired) electrons. The Balaban J connectivity index is 1.07. The molecule has 2 aliphatic carbocycles. The number of hydrogen-bond acceptors (Lipinski definition) is 12. The Kier molecular flexibility index (Phi) is 5.89. The lowest BCUT2D eigenvalue weighted by atomic mass is 9.77. The molecule has 2 bridgehead atoms. The predicted octanol–water partition coefficient (Wildman–Crippen LogP) is 1.52. The highest BCUT2D eigenvalue weighted by molar-refractivity contribution is 7.15. The monoisotopic (exact) mass is 563 g/mol. The van der Waals surface area contributed by atoms with E-state index < -0.39 is 0 Å². The molecule has 3 N–H and O–H groups in total. The molecule has 40 heavy (non-hydrogen) atoms. The van der Waals surface area contributed by atoms with Crippen molar-refractivity contribution in [3.8, 4) is 12.1 Å². The Morgan fingerprint density at radius 2 is 1.77 bits per heavy atom. The summed E-state index contributed by atoms with van der Waals surface area (Å²) in [4.78, 5) is 22.9. The number of hydrogen-bond donors (Lipinski definition) is 2. The fraction of sp³-hybridized carbons (Fsp3) is 0.714. The number of thiazole rings is 1. The maximum atomic E-state index is 10.4. The zero-order chi connectivity index (χ0) is 26.9. The van der Waals surface area contributed by atoms with Crippen LogP contribution in [0.2, 0.25) is 0 Å². The average Bonchev–Trinajstić information content (AvgIpc) is 3.27. The summed E-state index contributed by atoms with van der Waals surface area (Å²) in [7, 11) is 0. The normalized spacial score (nSPS) is 27.9. The summed E-state index contributed by atoms with van der Waals surface area (Å²) in [6.45, 7) is 8.51. The van der Waals surface area contributed by atoms with Crippen LogP contribution in [0.15, 0.2) is 0 Å². The predicted molar refractivity (Wildman–Crippen MR) is 152 cm³/mol. The van der Waals surface area contributed by atoms with Crippen LogP contribution in [0.1, 0.15) is 48.2 Å². The summed E-state index contributed by atoms with van der Waals surface area (Å²) >= 11 is 1.62. The van der Waals surface area contributed by atoms with Crippen LogP contribution >= 0.6 is 11.3 Å². The molecule has 6 heterocycles. The van der Waals surface area contributed by atoms with Crippen LogP contribution in [0, 0.1) is 16.7 Å². The Labute approximate surface area is 238 Å². The molecule has 11 nitrogen and oxygen atoms in total. The van der Waals surface area contributed by atoms with E-state index in [0.29, 0.717) is 41.2 Å². The number of nitrogens with zero attached hydrogens (tertiary/aromatic N) is 7. The van der Waals surface area contributed by atoms with Gasteiger partial charge in [0.2, 0.25) is 0 Å². The average molecular weight is 564 g/mol. The first-order valence-electron chi connectivity index (χ1n) is 14.8. The zero-order valence-corrected chi connectivity index (χ0v) is 23.7. The molecule has 212 valence electrons. The van der Waals surface area contributed by atoms with Crippen molar-refractivity contribution in [2.45, 2.75) is 56.0 Å². The third kappa shape index (κ3) is 4.29. The zero-order valence-electron chi connectivity index (χ0n) is 22.9. The van der Waals surface area contributed by atoms with Gasteiger partial charge >= 0.3 is 6.01 Å². The quantitative estimate of drug-likeness (QED) is 0.509. The number of aromatic nitrogens is 3. The maximum Gasteiger partial charge on any atom is 0.320 e. The summed E-state index contributed by atoms with van der Waals surface area (Å²) < 4.78 is 12.0. The Morgan fingerprint density at radius 1 is 1.05 bits per heavy atom. The highest BCUT2D eigenvalue weighted by Gasteiger charge is 2.52. The van der Waals surface area contributed by atoms with E-state index in [9.17, 15) is 5.26 Å². The number of nitriles is 1. The molecular formula is C28H37N9O2S. The minimum atomic E-state index is 0.00664.